The molecule has 0 radical (unpaired) electrons. The Morgan fingerprint density at radius 1 is 1.50 bits per heavy atom. The minimum Gasteiger partial charge on any atom is -0.463 e. The molecule has 62 valence electrons. The van der Waals surface area contributed by atoms with Gasteiger partial charge in [0.15, 0.2) is 5.58 Å². The molecule has 1 aromatic heterocycles. The Balaban J connectivity index is 2.94. The van der Waals surface area contributed by atoms with Crippen molar-refractivity contribution in [2.45, 2.75) is 6.92 Å². The number of rotatable bonds is 0. The van der Waals surface area contributed by atoms with Crippen LogP contribution in [0.15, 0.2) is 22.8 Å². The molecule has 12 heavy (non-hydrogen) atoms. The molecule has 0 bridgehead atoms. The van der Waals surface area contributed by atoms with Crippen molar-refractivity contribution in [3.8, 4) is 0 Å². The summed E-state index contributed by atoms with van der Waals surface area (Å²) < 4.78 is 18.2. The number of furan rings is 1. The molecule has 0 aliphatic carbocycles. The van der Waals surface area contributed by atoms with Crippen LogP contribution in [0.5, 0.6) is 0 Å². The Morgan fingerprint density at radius 2 is 2.25 bits per heavy atom. The van der Waals surface area contributed by atoms with E-state index in [9.17, 15) is 4.39 Å². The van der Waals surface area contributed by atoms with Gasteiger partial charge >= 0.3 is 0 Å². The molecular weight excluding hydrogens is 179 g/mol. The minimum atomic E-state index is -0.404. The number of halogens is 2. The fourth-order valence-electron chi connectivity index (χ4n) is 1.18. The molecule has 0 saturated carbocycles. The summed E-state index contributed by atoms with van der Waals surface area (Å²) >= 11 is 5.70. The van der Waals surface area contributed by atoms with E-state index < -0.39 is 5.82 Å². The van der Waals surface area contributed by atoms with Gasteiger partial charge in [-0.15, -0.1) is 0 Å². The monoisotopic (exact) mass is 184 g/mol. The van der Waals surface area contributed by atoms with Crippen molar-refractivity contribution in [3.05, 3.63) is 34.8 Å². The van der Waals surface area contributed by atoms with Gasteiger partial charge in [0.1, 0.15) is 10.8 Å². The van der Waals surface area contributed by atoms with Crippen LogP contribution >= 0.6 is 11.6 Å². The van der Waals surface area contributed by atoms with Crippen LogP contribution in [-0.2, 0) is 0 Å². The summed E-state index contributed by atoms with van der Waals surface area (Å²) in [5.74, 6) is -0.404. The molecule has 0 spiro atoms. The number of hydrogen-bond acceptors (Lipinski definition) is 1. The number of hydrogen-bond donors (Lipinski definition) is 0. The van der Waals surface area contributed by atoms with E-state index in [1.54, 1.807) is 19.1 Å². The van der Waals surface area contributed by atoms with Gasteiger partial charge in [0.2, 0.25) is 0 Å². The third-order valence-corrected chi connectivity index (χ3v) is 2.14. The SMILES string of the molecule is Cc1cc2ccoc2c(Cl)c1F. The van der Waals surface area contributed by atoms with Crippen LogP contribution in [-0.4, -0.2) is 0 Å². The Labute approximate surface area is 73.7 Å². The lowest BCUT2D eigenvalue weighted by molar-refractivity contribution is 0.595. The first-order valence-corrected chi connectivity index (χ1v) is 3.90. The lowest BCUT2D eigenvalue weighted by atomic mass is 10.2. The van der Waals surface area contributed by atoms with E-state index >= 15 is 0 Å². The van der Waals surface area contributed by atoms with Gasteiger partial charge in [-0.3, -0.25) is 0 Å². The van der Waals surface area contributed by atoms with E-state index in [0.29, 0.717) is 11.1 Å². The quantitative estimate of drug-likeness (QED) is 0.611. The highest BCUT2D eigenvalue weighted by molar-refractivity contribution is 6.35. The fraction of sp³-hybridized carbons (Fsp3) is 0.111. The standard InChI is InChI=1S/C9H6ClFO/c1-5-4-6-2-3-12-9(6)7(10)8(5)11/h2-4H,1H3. The molecule has 1 nitrogen and oxygen atoms in total. The topological polar surface area (TPSA) is 13.1 Å². The first-order valence-electron chi connectivity index (χ1n) is 3.52. The van der Waals surface area contributed by atoms with Crippen LogP contribution in [0.4, 0.5) is 4.39 Å². The van der Waals surface area contributed by atoms with Crippen molar-refractivity contribution in [3.63, 3.8) is 0 Å². The third-order valence-electron chi connectivity index (χ3n) is 1.81. The van der Waals surface area contributed by atoms with Crippen LogP contribution in [0, 0.1) is 12.7 Å². The zero-order valence-electron chi connectivity index (χ0n) is 6.40. The molecule has 0 N–H and O–H groups in total. The molecule has 1 heterocycles. The van der Waals surface area contributed by atoms with Crippen molar-refractivity contribution >= 4 is 22.6 Å². The molecule has 2 aromatic rings. The maximum absolute atomic E-state index is 13.1. The average molecular weight is 185 g/mol. The fourth-order valence-corrected chi connectivity index (χ4v) is 1.48. The smallest absolute Gasteiger partial charge is 0.155 e. The second-order valence-corrected chi connectivity index (χ2v) is 3.04. The van der Waals surface area contributed by atoms with E-state index in [0.717, 1.165) is 5.39 Å². The highest BCUT2D eigenvalue weighted by atomic mass is 35.5. The number of fused-ring (bicyclic) bond motifs is 1. The van der Waals surface area contributed by atoms with Crippen LogP contribution < -0.4 is 0 Å². The normalized spacial score (nSPS) is 10.9. The van der Waals surface area contributed by atoms with Crippen molar-refractivity contribution in [2.75, 3.05) is 0 Å². The van der Waals surface area contributed by atoms with E-state index in [2.05, 4.69) is 0 Å². The summed E-state index contributed by atoms with van der Waals surface area (Å²) in [4.78, 5) is 0. The van der Waals surface area contributed by atoms with Gasteiger partial charge in [-0.1, -0.05) is 11.6 Å². The highest BCUT2D eigenvalue weighted by Gasteiger charge is 2.10. The third kappa shape index (κ3) is 0.916. The zero-order valence-corrected chi connectivity index (χ0v) is 7.15. The van der Waals surface area contributed by atoms with E-state index in [4.69, 9.17) is 16.0 Å². The Bertz CT molecular complexity index is 433. The van der Waals surface area contributed by atoms with Crippen LogP contribution in [0.25, 0.3) is 11.0 Å². The van der Waals surface area contributed by atoms with Gasteiger partial charge in [-0.2, -0.15) is 0 Å². The average Bonchev–Trinajstić information content (AvgIpc) is 2.48. The minimum absolute atomic E-state index is 0.0648. The zero-order chi connectivity index (χ0) is 8.72. The van der Waals surface area contributed by atoms with Crippen LogP contribution in [0.1, 0.15) is 5.56 Å². The molecular formula is C9H6ClFO. The van der Waals surface area contributed by atoms with E-state index in [-0.39, 0.29) is 5.02 Å². The first kappa shape index (κ1) is 7.62. The highest BCUT2D eigenvalue weighted by Crippen LogP contribution is 2.29. The summed E-state index contributed by atoms with van der Waals surface area (Å²) in [6.07, 6.45) is 1.50. The molecule has 0 aliphatic heterocycles. The van der Waals surface area contributed by atoms with Crippen molar-refractivity contribution in [1.29, 1.82) is 0 Å². The molecule has 2 rings (SSSR count). The maximum atomic E-state index is 13.1. The summed E-state index contributed by atoms with van der Waals surface area (Å²) in [6, 6.07) is 3.47. The van der Waals surface area contributed by atoms with Gasteiger partial charge in [0, 0.05) is 5.39 Å². The predicted molar refractivity (Wildman–Crippen MR) is 45.9 cm³/mol. The van der Waals surface area contributed by atoms with Gasteiger partial charge in [0.05, 0.1) is 6.26 Å². The molecule has 3 heteroatoms. The lowest BCUT2D eigenvalue weighted by Crippen LogP contribution is -1.83. The molecule has 0 amide bonds. The summed E-state index contributed by atoms with van der Waals surface area (Å²) in [7, 11) is 0. The molecule has 0 saturated heterocycles. The lowest BCUT2D eigenvalue weighted by Gasteiger charge is -1.98. The molecule has 0 atom stereocenters. The Hall–Kier alpha value is -1.02. The Kier molecular flexibility index (Phi) is 1.58. The second-order valence-electron chi connectivity index (χ2n) is 2.66. The predicted octanol–water partition coefficient (Wildman–Crippen LogP) is 3.53. The van der Waals surface area contributed by atoms with Crippen molar-refractivity contribution < 1.29 is 8.81 Å². The largest absolute Gasteiger partial charge is 0.463 e. The summed E-state index contributed by atoms with van der Waals surface area (Å²) in [5, 5.41) is 0.897. The van der Waals surface area contributed by atoms with Crippen molar-refractivity contribution in [2.24, 2.45) is 0 Å². The van der Waals surface area contributed by atoms with Gasteiger partial charge in [0.25, 0.3) is 0 Å². The van der Waals surface area contributed by atoms with Crippen LogP contribution in [0.2, 0.25) is 5.02 Å². The molecule has 0 unspecified atom stereocenters. The second kappa shape index (κ2) is 2.49. The van der Waals surface area contributed by atoms with E-state index in [1.807, 2.05) is 0 Å². The molecule has 1 aromatic carbocycles. The number of benzene rings is 1. The molecule has 0 fully saturated rings. The number of aryl methyl sites for hydroxylation is 1. The first-order chi connectivity index (χ1) is 5.70. The van der Waals surface area contributed by atoms with E-state index in [1.165, 1.54) is 6.26 Å². The van der Waals surface area contributed by atoms with Gasteiger partial charge in [-0.25, -0.2) is 4.39 Å². The van der Waals surface area contributed by atoms with Gasteiger partial charge < -0.3 is 4.42 Å². The van der Waals surface area contributed by atoms with Crippen molar-refractivity contribution in [1.82, 2.24) is 0 Å². The van der Waals surface area contributed by atoms with Crippen LogP contribution in [0.3, 0.4) is 0 Å². The maximum Gasteiger partial charge on any atom is 0.155 e. The van der Waals surface area contributed by atoms with Gasteiger partial charge in [-0.05, 0) is 24.6 Å². The Morgan fingerprint density at radius 3 is 3.00 bits per heavy atom. The summed E-state index contributed by atoms with van der Waals surface area (Å²) in [6.45, 7) is 1.67. The summed E-state index contributed by atoms with van der Waals surface area (Å²) in [5.41, 5.74) is 0.952. The molecule has 0 aliphatic rings.